The van der Waals surface area contributed by atoms with E-state index in [1.807, 2.05) is 11.0 Å². The summed E-state index contributed by atoms with van der Waals surface area (Å²) < 4.78 is 19.1. The van der Waals surface area contributed by atoms with Crippen LogP contribution in [0.5, 0.6) is 0 Å². The SMILES string of the molecule is C[C@@H]1CN(CC(=O)N2CC(C)(C)c3[nH]c(=O)c(Cc4ccc(F)cc4)cc32)[C@@H](CN2[C@H](C)COC[C@H]2C)CN1.Cl.Cl. The molecule has 4 heterocycles. The average Bonchev–Trinajstić information content (AvgIpc) is 3.14. The van der Waals surface area contributed by atoms with Crippen LogP contribution in [0.15, 0.2) is 35.1 Å². The highest BCUT2D eigenvalue weighted by atomic mass is 35.5. The monoisotopic (exact) mass is 611 g/mol. The van der Waals surface area contributed by atoms with Gasteiger partial charge in [-0.3, -0.25) is 19.4 Å². The molecule has 3 aliphatic rings. The molecule has 41 heavy (non-hydrogen) atoms. The number of fused-ring (bicyclic) bond motifs is 1. The van der Waals surface area contributed by atoms with E-state index in [1.165, 1.54) is 12.1 Å². The Kier molecular flexibility index (Phi) is 11.0. The van der Waals surface area contributed by atoms with Crippen molar-refractivity contribution in [2.75, 3.05) is 50.8 Å². The van der Waals surface area contributed by atoms with E-state index in [-0.39, 0.29) is 53.6 Å². The second kappa shape index (κ2) is 13.5. The molecule has 8 nitrogen and oxygen atoms in total. The van der Waals surface area contributed by atoms with Gasteiger partial charge in [-0.05, 0) is 44.5 Å². The molecule has 0 unspecified atom stereocenters. The number of carbonyl (C=O) groups excluding carboxylic acids is 1. The smallest absolute Gasteiger partial charge is 0.251 e. The van der Waals surface area contributed by atoms with E-state index in [9.17, 15) is 14.0 Å². The number of hydrogen-bond acceptors (Lipinski definition) is 6. The minimum Gasteiger partial charge on any atom is -0.378 e. The largest absolute Gasteiger partial charge is 0.378 e. The minimum atomic E-state index is -0.368. The van der Waals surface area contributed by atoms with Gasteiger partial charge >= 0.3 is 0 Å². The van der Waals surface area contributed by atoms with Crippen LogP contribution in [-0.4, -0.2) is 90.8 Å². The van der Waals surface area contributed by atoms with Crippen molar-refractivity contribution in [3.05, 3.63) is 63.3 Å². The van der Waals surface area contributed by atoms with Crippen LogP contribution < -0.4 is 15.8 Å². The van der Waals surface area contributed by atoms with Crippen molar-refractivity contribution in [3.8, 4) is 0 Å². The predicted octanol–water partition coefficient (Wildman–Crippen LogP) is 3.34. The number of hydrogen-bond donors (Lipinski definition) is 2. The van der Waals surface area contributed by atoms with Crippen LogP contribution in [0.1, 0.15) is 51.4 Å². The van der Waals surface area contributed by atoms with Crippen molar-refractivity contribution in [1.82, 2.24) is 20.1 Å². The van der Waals surface area contributed by atoms with Gasteiger partial charge in [-0.1, -0.05) is 26.0 Å². The zero-order valence-electron chi connectivity index (χ0n) is 24.6. The van der Waals surface area contributed by atoms with Gasteiger partial charge in [0.2, 0.25) is 5.91 Å². The molecule has 0 saturated carbocycles. The molecule has 1 amide bonds. The van der Waals surface area contributed by atoms with Crippen LogP contribution in [0, 0.1) is 5.82 Å². The van der Waals surface area contributed by atoms with Gasteiger partial charge in [-0.25, -0.2) is 4.39 Å². The lowest BCUT2D eigenvalue weighted by atomic mass is 9.91. The van der Waals surface area contributed by atoms with Gasteiger partial charge in [-0.15, -0.1) is 24.8 Å². The number of piperazine rings is 1. The van der Waals surface area contributed by atoms with Crippen LogP contribution in [0.25, 0.3) is 0 Å². The highest BCUT2D eigenvalue weighted by Gasteiger charge is 2.41. The first-order valence-corrected chi connectivity index (χ1v) is 14.1. The number of H-pyrrole nitrogens is 1. The van der Waals surface area contributed by atoms with Crippen molar-refractivity contribution >= 4 is 36.4 Å². The molecule has 5 rings (SSSR count). The van der Waals surface area contributed by atoms with E-state index in [0.29, 0.717) is 43.2 Å². The zero-order valence-corrected chi connectivity index (χ0v) is 26.2. The molecule has 2 N–H and O–H groups in total. The van der Waals surface area contributed by atoms with Crippen LogP contribution in [-0.2, 0) is 21.4 Å². The molecule has 2 fully saturated rings. The fraction of sp³-hybridized carbons (Fsp3) is 0.600. The Balaban J connectivity index is 0.00000231. The summed E-state index contributed by atoms with van der Waals surface area (Å²) >= 11 is 0. The van der Waals surface area contributed by atoms with E-state index in [2.05, 4.69) is 54.7 Å². The standard InChI is InChI=1S/C30H42FN5O3.2ClH/c1-19-13-34(25(12-32-19)14-35-20(2)16-39-17-21(35)3)15-27(37)36-18-30(4,5)28-26(36)11-23(29(38)33-28)10-22-6-8-24(31)9-7-22;;/h6-9,11,19-21,25,32H,10,12-18H2,1-5H3,(H,33,38);2*1H/t19-,20-,21-,25-;;/m1../s1. The topological polar surface area (TPSA) is 80.9 Å². The van der Waals surface area contributed by atoms with E-state index in [4.69, 9.17) is 4.74 Å². The van der Waals surface area contributed by atoms with Crippen molar-refractivity contribution in [2.45, 2.75) is 70.6 Å². The van der Waals surface area contributed by atoms with Crippen LogP contribution in [0.4, 0.5) is 10.1 Å². The molecule has 1 aromatic heterocycles. The summed E-state index contributed by atoms with van der Waals surface area (Å²) in [6.07, 6.45) is 0.374. The van der Waals surface area contributed by atoms with Crippen molar-refractivity contribution < 1.29 is 13.9 Å². The number of aromatic amines is 1. The minimum absolute atomic E-state index is 0. The molecule has 1 aromatic carbocycles. The normalized spacial score (nSPS) is 26.1. The number of halogens is 3. The number of morpholine rings is 1. The molecule has 4 atom stereocenters. The number of ether oxygens (including phenoxy) is 1. The molecule has 228 valence electrons. The van der Waals surface area contributed by atoms with Gasteiger partial charge in [0.05, 0.1) is 25.4 Å². The van der Waals surface area contributed by atoms with Crippen molar-refractivity contribution in [2.24, 2.45) is 0 Å². The summed E-state index contributed by atoms with van der Waals surface area (Å²) in [4.78, 5) is 36.7. The number of amides is 1. The van der Waals surface area contributed by atoms with E-state index < -0.39 is 0 Å². The molecular weight excluding hydrogens is 568 g/mol. The lowest BCUT2D eigenvalue weighted by molar-refractivity contribution is -0.121. The number of aromatic nitrogens is 1. The van der Waals surface area contributed by atoms with Crippen LogP contribution in [0.2, 0.25) is 0 Å². The fourth-order valence-electron chi connectivity index (χ4n) is 6.33. The lowest BCUT2D eigenvalue weighted by Crippen LogP contribution is -2.63. The first-order valence-electron chi connectivity index (χ1n) is 14.1. The Morgan fingerprint density at radius 2 is 1.76 bits per heavy atom. The zero-order chi connectivity index (χ0) is 27.9. The molecule has 11 heteroatoms. The highest BCUT2D eigenvalue weighted by molar-refractivity contribution is 5.97. The van der Waals surface area contributed by atoms with E-state index in [1.54, 1.807) is 12.1 Å². The molecule has 0 radical (unpaired) electrons. The number of rotatable bonds is 6. The van der Waals surface area contributed by atoms with Gasteiger partial charge in [0.15, 0.2) is 0 Å². The molecule has 0 aliphatic carbocycles. The van der Waals surface area contributed by atoms with Crippen LogP contribution in [0.3, 0.4) is 0 Å². The first-order chi connectivity index (χ1) is 18.5. The molecule has 0 spiro atoms. The molecule has 2 saturated heterocycles. The Bertz CT molecular complexity index is 1250. The van der Waals surface area contributed by atoms with Crippen molar-refractivity contribution in [1.29, 1.82) is 0 Å². The van der Waals surface area contributed by atoms with E-state index in [0.717, 1.165) is 49.8 Å². The lowest BCUT2D eigenvalue weighted by Gasteiger charge is -2.46. The predicted molar refractivity (Wildman–Crippen MR) is 165 cm³/mol. The third-order valence-corrected chi connectivity index (χ3v) is 8.56. The van der Waals surface area contributed by atoms with E-state index >= 15 is 0 Å². The van der Waals surface area contributed by atoms with Gasteiger partial charge in [0.25, 0.3) is 5.56 Å². The number of nitrogens with zero attached hydrogens (tertiary/aromatic N) is 3. The molecule has 0 bridgehead atoms. The summed E-state index contributed by atoms with van der Waals surface area (Å²) in [6, 6.07) is 9.24. The van der Waals surface area contributed by atoms with Gasteiger partial charge < -0.3 is 19.9 Å². The maximum absolute atomic E-state index is 13.9. The Labute approximate surface area is 254 Å². The fourth-order valence-corrected chi connectivity index (χ4v) is 6.33. The number of pyridine rings is 1. The van der Waals surface area contributed by atoms with Gasteiger partial charge in [0.1, 0.15) is 5.82 Å². The maximum atomic E-state index is 13.9. The highest BCUT2D eigenvalue weighted by Crippen LogP contribution is 2.39. The Morgan fingerprint density at radius 1 is 1.10 bits per heavy atom. The molecule has 2 aromatic rings. The summed E-state index contributed by atoms with van der Waals surface area (Å²) in [5.41, 5.74) is 2.46. The second-order valence-electron chi connectivity index (χ2n) is 12.4. The second-order valence-corrected chi connectivity index (χ2v) is 12.4. The Hall–Kier alpha value is -2.01. The van der Waals surface area contributed by atoms with Crippen molar-refractivity contribution in [3.63, 3.8) is 0 Å². The van der Waals surface area contributed by atoms with Crippen LogP contribution >= 0.6 is 24.8 Å². The summed E-state index contributed by atoms with van der Waals surface area (Å²) in [6.45, 7) is 15.5. The average molecular weight is 613 g/mol. The summed E-state index contributed by atoms with van der Waals surface area (Å²) in [5, 5.41) is 3.61. The Morgan fingerprint density at radius 3 is 2.41 bits per heavy atom. The van der Waals surface area contributed by atoms with Gasteiger partial charge in [-0.2, -0.15) is 0 Å². The quantitative estimate of drug-likeness (QED) is 0.521. The number of benzene rings is 1. The van der Waals surface area contributed by atoms with Gasteiger partial charge in [0, 0.05) is 73.4 Å². The first kappa shape index (κ1) is 33.5. The number of anilines is 1. The third kappa shape index (κ3) is 7.32. The number of carbonyl (C=O) groups is 1. The molecule has 3 aliphatic heterocycles. The maximum Gasteiger partial charge on any atom is 0.251 e. The third-order valence-electron chi connectivity index (χ3n) is 8.56. The number of nitrogens with one attached hydrogen (secondary N) is 2. The molecular formula is C30H44Cl2FN5O3. The summed E-state index contributed by atoms with van der Waals surface area (Å²) in [5.74, 6) is -0.262. The summed E-state index contributed by atoms with van der Waals surface area (Å²) in [7, 11) is 0.